The molecule has 1 aromatic heterocycles. The smallest absolute Gasteiger partial charge is 0.345 e. The van der Waals surface area contributed by atoms with Gasteiger partial charge in [-0.3, -0.25) is 10.1 Å². The fourth-order valence-corrected chi connectivity index (χ4v) is 3.24. The van der Waals surface area contributed by atoms with Gasteiger partial charge in [0.15, 0.2) is 18.1 Å². The maximum Gasteiger partial charge on any atom is 0.345 e. The predicted molar refractivity (Wildman–Crippen MR) is 113 cm³/mol. The summed E-state index contributed by atoms with van der Waals surface area (Å²) in [5.74, 6) is 0.459. The largest absolute Gasteiger partial charge is 0.493 e. The van der Waals surface area contributed by atoms with E-state index in [1.165, 1.54) is 45.2 Å². The summed E-state index contributed by atoms with van der Waals surface area (Å²) in [7, 11) is 4.44. The summed E-state index contributed by atoms with van der Waals surface area (Å²) in [6.45, 7) is -0.364. The Morgan fingerprint density at radius 2 is 1.78 bits per heavy atom. The zero-order chi connectivity index (χ0) is 23.3. The Kier molecular flexibility index (Phi) is 7.15. The summed E-state index contributed by atoms with van der Waals surface area (Å²) in [5, 5.41) is 19.0. The van der Waals surface area contributed by atoms with Crippen molar-refractivity contribution in [3.63, 3.8) is 0 Å². The molecule has 0 atom stereocenters. The summed E-state index contributed by atoms with van der Waals surface area (Å²) in [6.07, 6.45) is 1.79. The van der Waals surface area contributed by atoms with Gasteiger partial charge in [-0.1, -0.05) is 0 Å². The Morgan fingerprint density at radius 3 is 2.34 bits per heavy atom. The molecule has 0 spiro atoms. The summed E-state index contributed by atoms with van der Waals surface area (Å²) >= 11 is 1.34. The molecule has 12 heteroatoms. The molecular weight excluding hydrogens is 442 g/mol. The minimum Gasteiger partial charge on any atom is -0.493 e. The molecule has 3 rings (SSSR count). The quantitative estimate of drug-likeness (QED) is 0.199. The zero-order valence-electron chi connectivity index (χ0n) is 17.6. The van der Waals surface area contributed by atoms with Crippen LogP contribution in [0.2, 0.25) is 0 Å². The second-order valence-electron chi connectivity index (χ2n) is 6.13. The lowest BCUT2D eigenvalue weighted by atomic mass is 10.2. The van der Waals surface area contributed by atoms with Crippen LogP contribution >= 0.6 is 11.8 Å². The number of benzene rings is 2. The molecule has 0 aliphatic rings. The van der Waals surface area contributed by atoms with Crippen LogP contribution in [0.4, 0.5) is 5.69 Å². The first-order chi connectivity index (χ1) is 15.4. The molecule has 0 amide bonds. The fraction of sp³-hybridized carbons (Fsp3) is 0.250. The highest BCUT2D eigenvalue weighted by Gasteiger charge is 2.23. The van der Waals surface area contributed by atoms with Crippen molar-refractivity contribution in [1.29, 1.82) is 0 Å². The maximum atomic E-state index is 12.5. The van der Waals surface area contributed by atoms with E-state index in [0.717, 1.165) is 0 Å². The van der Waals surface area contributed by atoms with Gasteiger partial charge in [-0.25, -0.2) is 4.79 Å². The Labute approximate surface area is 186 Å². The summed E-state index contributed by atoms with van der Waals surface area (Å²) < 4.78 is 26.6. The SMILES string of the molecule is COc1cc(-c2nnc(COC(=O)c3cc(SC)ccc3[N+](=O)[O-])o2)cc(OC)c1OC. The number of nitro groups is 1. The van der Waals surface area contributed by atoms with Gasteiger partial charge < -0.3 is 23.4 Å². The van der Waals surface area contributed by atoms with Crippen molar-refractivity contribution in [2.75, 3.05) is 27.6 Å². The van der Waals surface area contributed by atoms with E-state index in [0.29, 0.717) is 27.7 Å². The first-order valence-electron chi connectivity index (χ1n) is 9.04. The van der Waals surface area contributed by atoms with Crippen LogP contribution in [0.25, 0.3) is 11.5 Å². The fourth-order valence-electron chi connectivity index (χ4n) is 2.80. The highest BCUT2D eigenvalue weighted by molar-refractivity contribution is 7.98. The van der Waals surface area contributed by atoms with E-state index in [4.69, 9.17) is 23.4 Å². The summed E-state index contributed by atoms with van der Waals surface area (Å²) in [5.41, 5.74) is -0.0180. The van der Waals surface area contributed by atoms with Gasteiger partial charge in [-0.2, -0.15) is 0 Å². The Morgan fingerprint density at radius 1 is 1.09 bits per heavy atom. The van der Waals surface area contributed by atoms with Gasteiger partial charge in [0.05, 0.1) is 26.3 Å². The molecule has 0 aliphatic heterocycles. The van der Waals surface area contributed by atoms with Gasteiger partial charge >= 0.3 is 5.97 Å². The second-order valence-corrected chi connectivity index (χ2v) is 7.01. The minimum atomic E-state index is -0.875. The van der Waals surface area contributed by atoms with Crippen LogP contribution in [0.3, 0.4) is 0 Å². The van der Waals surface area contributed by atoms with Crippen LogP contribution in [-0.4, -0.2) is 48.7 Å². The van der Waals surface area contributed by atoms with Gasteiger partial charge in [-0.05, 0) is 30.5 Å². The summed E-state index contributed by atoms with van der Waals surface area (Å²) in [4.78, 5) is 23.7. The maximum absolute atomic E-state index is 12.5. The van der Waals surface area contributed by atoms with Gasteiger partial charge in [0.2, 0.25) is 11.6 Å². The lowest BCUT2D eigenvalue weighted by Crippen LogP contribution is -2.08. The standard InChI is InChI=1S/C20H19N3O8S/c1-27-15-7-11(8-16(28-2)18(15)29-3)19-22-21-17(31-19)10-30-20(24)13-9-12(32-4)5-6-14(13)23(25)26/h5-9H,10H2,1-4H3. The van der Waals surface area contributed by atoms with E-state index >= 15 is 0 Å². The number of nitro benzene ring substituents is 1. The van der Waals surface area contributed by atoms with Gasteiger partial charge in [0.25, 0.3) is 11.6 Å². The van der Waals surface area contributed by atoms with Crippen molar-refractivity contribution in [3.8, 4) is 28.7 Å². The minimum absolute atomic E-state index is 0.00535. The van der Waals surface area contributed by atoms with E-state index in [2.05, 4.69) is 10.2 Å². The number of aromatic nitrogens is 2. The highest BCUT2D eigenvalue weighted by Crippen LogP contribution is 2.40. The van der Waals surface area contributed by atoms with Crippen LogP contribution in [0.1, 0.15) is 16.2 Å². The molecule has 3 aromatic rings. The normalized spacial score (nSPS) is 10.5. The second kappa shape index (κ2) is 10.0. The molecule has 0 unspecified atom stereocenters. The molecule has 0 aliphatic carbocycles. The molecule has 0 radical (unpaired) electrons. The van der Waals surface area contributed by atoms with Crippen molar-refractivity contribution >= 4 is 23.4 Å². The molecule has 32 heavy (non-hydrogen) atoms. The van der Waals surface area contributed by atoms with E-state index < -0.39 is 10.9 Å². The number of esters is 1. The number of hydrogen-bond donors (Lipinski definition) is 0. The third kappa shape index (κ3) is 4.75. The van der Waals surface area contributed by atoms with Crippen molar-refractivity contribution < 1.29 is 33.1 Å². The van der Waals surface area contributed by atoms with Crippen LogP contribution in [0.5, 0.6) is 17.2 Å². The van der Waals surface area contributed by atoms with E-state index in [-0.39, 0.29) is 29.6 Å². The van der Waals surface area contributed by atoms with Crippen LogP contribution in [-0.2, 0) is 11.3 Å². The number of nitrogens with zero attached hydrogens (tertiary/aromatic N) is 3. The van der Waals surface area contributed by atoms with Crippen LogP contribution < -0.4 is 14.2 Å². The first kappa shape index (κ1) is 22.9. The molecule has 0 saturated carbocycles. The van der Waals surface area contributed by atoms with Crippen molar-refractivity contribution in [2.45, 2.75) is 11.5 Å². The number of rotatable bonds is 9. The molecule has 1 heterocycles. The van der Waals surface area contributed by atoms with E-state index in [9.17, 15) is 14.9 Å². The molecule has 0 bridgehead atoms. The number of carbonyl (C=O) groups is 1. The number of carbonyl (C=O) groups excluding carboxylic acids is 1. The average molecular weight is 461 g/mol. The van der Waals surface area contributed by atoms with Gasteiger partial charge in [0.1, 0.15) is 5.56 Å². The predicted octanol–water partition coefficient (Wildman–Crippen LogP) is 3.75. The lowest BCUT2D eigenvalue weighted by molar-refractivity contribution is -0.385. The molecule has 0 saturated heterocycles. The average Bonchev–Trinajstić information content (AvgIpc) is 3.30. The number of hydrogen-bond acceptors (Lipinski definition) is 11. The summed E-state index contributed by atoms with van der Waals surface area (Å²) in [6, 6.07) is 7.48. The monoisotopic (exact) mass is 461 g/mol. The van der Waals surface area contributed by atoms with Crippen molar-refractivity contribution in [3.05, 3.63) is 51.9 Å². The van der Waals surface area contributed by atoms with Crippen molar-refractivity contribution in [1.82, 2.24) is 10.2 Å². The third-order valence-corrected chi connectivity index (χ3v) is 5.05. The van der Waals surface area contributed by atoms with E-state index in [1.54, 1.807) is 24.5 Å². The van der Waals surface area contributed by atoms with Gasteiger partial charge in [-0.15, -0.1) is 22.0 Å². The number of ether oxygens (including phenoxy) is 4. The molecule has 2 aromatic carbocycles. The Hall–Kier alpha value is -3.80. The van der Waals surface area contributed by atoms with Crippen LogP contribution in [0.15, 0.2) is 39.6 Å². The third-order valence-electron chi connectivity index (χ3n) is 4.33. The first-order valence-corrected chi connectivity index (χ1v) is 10.3. The molecule has 0 N–H and O–H groups in total. The molecule has 0 fully saturated rings. The van der Waals surface area contributed by atoms with Gasteiger partial charge in [0, 0.05) is 16.5 Å². The Bertz CT molecular complexity index is 1120. The number of thioether (sulfide) groups is 1. The molecule has 168 valence electrons. The lowest BCUT2D eigenvalue weighted by Gasteiger charge is -2.12. The topological polar surface area (TPSA) is 136 Å². The van der Waals surface area contributed by atoms with Crippen molar-refractivity contribution in [2.24, 2.45) is 0 Å². The van der Waals surface area contributed by atoms with E-state index in [1.807, 2.05) is 0 Å². The Balaban J connectivity index is 1.80. The number of methoxy groups -OCH3 is 3. The molecule has 11 nitrogen and oxygen atoms in total. The molecular formula is C20H19N3O8S. The highest BCUT2D eigenvalue weighted by atomic mass is 32.2. The zero-order valence-corrected chi connectivity index (χ0v) is 18.4. The van der Waals surface area contributed by atoms with Crippen LogP contribution in [0, 0.1) is 10.1 Å².